The van der Waals surface area contributed by atoms with E-state index >= 15 is 0 Å². The normalized spacial score (nSPS) is 11.4. The number of aryl methyl sites for hydroxylation is 1. The first-order chi connectivity index (χ1) is 12.8. The van der Waals surface area contributed by atoms with Gasteiger partial charge in [-0.05, 0) is 36.8 Å². The van der Waals surface area contributed by atoms with Gasteiger partial charge < -0.3 is 4.74 Å². The number of aromatic nitrogens is 3. The molecule has 0 radical (unpaired) electrons. The Labute approximate surface area is 156 Å². The van der Waals surface area contributed by atoms with E-state index < -0.39 is 16.0 Å². The summed E-state index contributed by atoms with van der Waals surface area (Å²) in [5.74, 6) is -0.494. The van der Waals surface area contributed by atoms with E-state index in [0.717, 1.165) is 5.56 Å². The second-order valence-corrected chi connectivity index (χ2v) is 7.28. The number of carbonyl (C=O) groups excluding carboxylic acids is 1. The molecule has 0 aliphatic carbocycles. The maximum atomic E-state index is 12.5. The number of sulfonamides is 1. The fraction of sp³-hybridized carbons (Fsp3) is 0.167. The van der Waals surface area contributed by atoms with Gasteiger partial charge >= 0.3 is 5.97 Å². The lowest BCUT2D eigenvalue weighted by atomic mass is 9.99. The average Bonchev–Trinajstić information content (AvgIpc) is 2.99. The molecule has 0 saturated carbocycles. The monoisotopic (exact) mass is 386 g/mol. The van der Waals surface area contributed by atoms with Crippen LogP contribution in [0.1, 0.15) is 17.4 Å². The summed E-state index contributed by atoms with van der Waals surface area (Å²) >= 11 is 0. The lowest BCUT2D eigenvalue weighted by Crippen LogP contribution is -2.11. The molecular weight excluding hydrogens is 368 g/mol. The topological polar surface area (TPSA) is 117 Å². The summed E-state index contributed by atoms with van der Waals surface area (Å²) in [5, 5.41) is 9.62. The van der Waals surface area contributed by atoms with E-state index in [4.69, 9.17) is 9.88 Å². The number of nitrogens with two attached hydrogens (primary N) is 1. The highest BCUT2D eigenvalue weighted by Gasteiger charge is 2.25. The molecular formula is C18H18N4O4S. The number of pyridine rings is 1. The lowest BCUT2D eigenvalue weighted by molar-refractivity contribution is 0.0514. The first kappa shape index (κ1) is 18.7. The second kappa shape index (κ2) is 7.29. The molecule has 3 rings (SSSR count). The number of primary sulfonamides is 1. The van der Waals surface area contributed by atoms with Crippen molar-refractivity contribution in [2.24, 2.45) is 12.2 Å². The van der Waals surface area contributed by atoms with Crippen LogP contribution in [-0.4, -0.2) is 35.8 Å². The van der Waals surface area contributed by atoms with Crippen molar-refractivity contribution >= 4 is 16.0 Å². The van der Waals surface area contributed by atoms with Gasteiger partial charge in [-0.3, -0.25) is 9.67 Å². The van der Waals surface area contributed by atoms with Gasteiger partial charge in [0.2, 0.25) is 10.0 Å². The van der Waals surface area contributed by atoms with E-state index in [-0.39, 0.29) is 11.5 Å². The minimum atomic E-state index is -3.80. The van der Waals surface area contributed by atoms with Gasteiger partial charge in [-0.25, -0.2) is 18.4 Å². The van der Waals surface area contributed by atoms with Crippen LogP contribution in [0, 0.1) is 0 Å². The van der Waals surface area contributed by atoms with Gasteiger partial charge in [-0.15, -0.1) is 0 Å². The van der Waals surface area contributed by atoms with E-state index in [2.05, 4.69) is 10.1 Å². The van der Waals surface area contributed by atoms with Crippen molar-refractivity contribution < 1.29 is 17.9 Å². The lowest BCUT2D eigenvalue weighted by Gasteiger charge is -2.07. The molecule has 0 spiro atoms. The molecule has 0 atom stereocenters. The molecule has 0 unspecified atom stereocenters. The van der Waals surface area contributed by atoms with Crippen molar-refractivity contribution in [1.29, 1.82) is 0 Å². The highest BCUT2D eigenvalue weighted by Crippen LogP contribution is 2.34. The molecule has 0 saturated heterocycles. The summed E-state index contributed by atoms with van der Waals surface area (Å²) < 4.78 is 29.6. The van der Waals surface area contributed by atoms with Crippen LogP contribution in [0.2, 0.25) is 0 Å². The molecule has 3 aromatic rings. The molecule has 2 aromatic heterocycles. The van der Waals surface area contributed by atoms with Crippen LogP contribution < -0.4 is 5.14 Å². The summed E-state index contributed by atoms with van der Waals surface area (Å²) in [6.45, 7) is 1.96. The van der Waals surface area contributed by atoms with Crippen molar-refractivity contribution in [2.75, 3.05) is 6.61 Å². The number of benzene rings is 1. The first-order valence-electron chi connectivity index (χ1n) is 8.10. The number of ether oxygens (including phenoxy) is 1. The van der Waals surface area contributed by atoms with E-state index in [1.807, 2.05) is 0 Å². The Bertz CT molecular complexity index is 1070. The molecule has 2 heterocycles. The summed E-state index contributed by atoms with van der Waals surface area (Å²) in [4.78, 5) is 16.5. The highest BCUT2D eigenvalue weighted by atomic mass is 32.2. The second-order valence-electron chi connectivity index (χ2n) is 5.72. The number of nitrogens with zero attached hydrogens (tertiary/aromatic N) is 3. The predicted octanol–water partition coefficient (Wildman–Crippen LogP) is 1.97. The summed E-state index contributed by atoms with van der Waals surface area (Å²) in [7, 11) is -2.14. The number of rotatable bonds is 5. The van der Waals surface area contributed by atoms with Crippen LogP contribution in [-0.2, 0) is 21.8 Å². The molecule has 140 valence electrons. The zero-order valence-electron chi connectivity index (χ0n) is 14.8. The fourth-order valence-electron chi connectivity index (χ4n) is 2.75. The van der Waals surface area contributed by atoms with E-state index in [1.165, 1.54) is 16.8 Å². The van der Waals surface area contributed by atoms with E-state index in [0.29, 0.717) is 22.5 Å². The summed E-state index contributed by atoms with van der Waals surface area (Å²) in [6.07, 6.45) is 3.23. The third-order valence-corrected chi connectivity index (χ3v) is 4.87. The number of hydrogen-bond acceptors (Lipinski definition) is 6. The number of esters is 1. The first-order valence-corrected chi connectivity index (χ1v) is 9.65. The largest absolute Gasteiger partial charge is 0.461 e. The molecule has 0 bridgehead atoms. The van der Waals surface area contributed by atoms with Crippen LogP contribution >= 0.6 is 0 Å². The van der Waals surface area contributed by atoms with Crippen LogP contribution in [0.4, 0.5) is 0 Å². The third kappa shape index (κ3) is 3.74. The van der Waals surface area contributed by atoms with Crippen molar-refractivity contribution in [2.45, 2.75) is 11.8 Å². The molecule has 0 fully saturated rings. The average molecular weight is 386 g/mol. The van der Waals surface area contributed by atoms with Gasteiger partial charge in [0.1, 0.15) is 5.69 Å². The van der Waals surface area contributed by atoms with Crippen LogP contribution in [0.5, 0.6) is 0 Å². The number of hydrogen-bond donors (Lipinski definition) is 1. The molecule has 9 heteroatoms. The van der Waals surface area contributed by atoms with Gasteiger partial charge in [0.15, 0.2) is 5.69 Å². The molecule has 0 aliphatic rings. The minimum absolute atomic E-state index is 0.00161. The SMILES string of the molecule is CCOC(=O)c1c(-c2ccncc2)c(-c2ccc(S(N)(=O)=O)cc2)nn1C. The molecule has 0 aliphatic heterocycles. The number of carbonyl (C=O) groups is 1. The van der Waals surface area contributed by atoms with Crippen LogP contribution in [0.25, 0.3) is 22.4 Å². The quantitative estimate of drug-likeness (QED) is 0.670. The fourth-order valence-corrected chi connectivity index (χ4v) is 3.27. The Kier molecular flexibility index (Phi) is 5.06. The van der Waals surface area contributed by atoms with E-state index in [9.17, 15) is 13.2 Å². The van der Waals surface area contributed by atoms with Gasteiger partial charge in [0, 0.05) is 30.6 Å². The van der Waals surface area contributed by atoms with Crippen molar-refractivity contribution in [3.8, 4) is 22.4 Å². The maximum Gasteiger partial charge on any atom is 0.357 e. The van der Waals surface area contributed by atoms with E-state index in [1.54, 1.807) is 50.6 Å². The standard InChI is InChI=1S/C18H18N4O4S/c1-3-26-18(23)17-15(12-8-10-20-11-9-12)16(21-22(17)2)13-4-6-14(7-5-13)27(19,24)25/h4-11H,3H2,1-2H3,(H2,19,24,25). The van der Waals surface area contributed by atoms with Gasteiger partial charge in [-0.1, -0.05) is 12.1 Å². The Balaban J connectivity index is 2.21. The third-order valence-electron chi connectivity index (χ3n) is 3.94. The smallest absolute Gasteiger partial charge is 0.357 e. The van der Waals surface area contributed by atoms with Crippen molar-refractivity contribution in [3.05, 3.63) is 54.5 Å². The van der Waals surface area contributed by atoms with Gasteiger partial charge in [-0.2, -0.15) is 5.10 Å². The summed E-state index contributed by atoms with van der Waals surface area (Å²) in [5.41, 5.74) is 2.79. The van der Waals surface area contributed by atoms with Crippen molar-refractivity contribution in [3.63, 3.8) is 0 Å². The molecule has 8 nitrogen and oxygen atoms in total. The zero-order valence-corrected chi connectivity index (χ0v) is 15.6. The van der Waals surface area contributed by atoms with Crippen molar-refractivity contribution in [1.82, 2.24) is 14.8 Å². The zero-order chi connectivity index (χ0) is 19.6. The van der Waals surface area contributed by atoms with Crippen LogP contribution in [0.3, 0.4) is 0 Å². The van der Waals surface area contributed by atoms with Gasteiger partial charge in [0.25, 0.3) is 0 Å². The molecule has 2 N–H and O–H groups in total. The molecule has 27 heavy (non-hydrogen) atoms. The maximum absolute atomic E-state index is 12.5. The minimum Gasteiger partial charge on any atom is -0.461 e. The van der Waals surface area contributed by atoms with Crippen LogP contribution in [0.15, 0.2) is 53.7 Å². The summed E-state index contributed by atoms with van der Waals surface area (Å²) in [6, 6.07) is 9.53. The predicted molar refractivity (Wildman–Crippen MR) is 99.2 cm³/mol. The molecule has 0 amide bonds. The Morgan fingerprint density at radius 3 is 2.30 bits per heavy atom. The van der Waals surface area contributed by atoms with Gasteiger partial charge in [0.05, 0.1) is 11.5 Å². The Hall–Kier alpha value is -3.04. The Morgan fingerprint density at radius 2 is 1.74 bits per heavy atom. The molecule has 1 aromatic carbocycles. The highest BCUT2D eigenvalue weighted by molar-refractivity contribution is 7.89. The Morgan fingerprint density at radius 1 is 1.11 bits per heavy atom.